The van der Waals surface area contributed by atoms with E-state index in [4.69, 9.17) is 0 Å². The smallest absolute Gasteiger partial charge is 0.252 e. The van der Waals surface area contributed by atoms with Crippen molar-refractivity contribution in [3.8, 4) is 0 Å². The third-order valence-corrected chi connectivity index (χ3v) is 5.08. The molecule has 0 radical (unpaired) electrons. The summed E-state index contributed by atoms with van der Waals surface area (Å²) < 4.78 is 14.0. The Kier molecular flexibility index (Phi) is 5.69. The summed E-state index contributed by atoms with van der Waals surface area (Å²) in [6, 6.07) is 4.94. The number of carbonyl (C=O) groups is 1. The molecule has 1 aliphatic heterocycles. The van der Waals surface area contributed by atoms with E-state index in [0.717, 1.165) is 18.1 Å². The second-order valence-electron chi connectivity index (χ2n) is 5.63. The van der Waals surface area contributed by atoms with Gasteiger partial charge in [0.1, 0.15) is 11.4 Å². The zero-order valence-electron chi connectivity index (χ0n) is 13.1. The van der Waals surface area contributed by atoms with Crippen LogP contribution < -0.4 is 10.2 Å². The lowest BCUT2D eigenvalue weighted by molar-refractivity contribution is -0.140. The van der Waals surface area contributed by atoms with Gasteiger partial charge in [-0.2, -0.15) is 11.8 Å². The fourth-order valence-corrected chi connectivity index (χ4v) is 3.59. The molecule has 1 aromatic rings. The first kappa shape index (κ1) is 17.1. The van der Waals surface area contributed by atoms with Crippen molar-refractivity contribution in [1.82, 2.24) is 5.32 Å². The Morgan fingerprint density at radius 3 is 2.73 bits per heavy atom. The molecule has 2 rings (SSSR count). The van der Waals surface area contributed by atoms with Gasteiger partial charge in [-0.25, -0.2) is 4.39 Å². The van der Waals surface area contributed by atoms with Crippen molar-refractivity contribution in [1.29, 1.82) is 0 Å². The van der Waals surface area contributed by atoms with Crippen LogP contribution in [0.25, 0.3) is 0 Å². The second kappa shape index (κ2) is 7.33. The molecule has 4 nitrogen and oxygen atoms in total. The van der Waals surface area contributed by atoms with Gasteiger partial charge >= 0.3 is 0 Å². The molecule has 122 valence electrons. The van der Waals surface area contributed by atoms with E-state index in [1.54, 1.807) is 23.9 Å². The number of halogens is 1. The van der Waals surface area contributed by atoms with Gasteiger partial charge < -0.3 is 15.3 Å². The molecule has 1 saturated heterocycles. The Labute approximate surface area is 135 Å². The van der Waals surface area contributed by atoms with E-state index in [1.807, 2.05) is 18.9 Å². The molecule has 0 atom stereocenters. The van der Waals surface area contributed by atoms with Crippen LogP contribution in [0.4, 0.5) is 10.1 Å². The number of hydrogen-bond donors (Lipinski definition) is 2. The lowest BCUT2D eigenvalue weighted by atomic mass is 9.95. The lowest BCUT2D eigenvalue weighted by Crippen LogP contribution is -2.48. The van der Waals surface area contributed by atoms with Gasteiger partial charge in [-0.15, -0.1) is 0 Å². The fraction of sp³-hybridized carbons (Fsp3) is 0.562. The van der Waals surface area contributed by atoms with Gasteiger partial charge in [0, 0.05) is 20.1 Å². The summed E-state index contributed by atoms with van der Waals surface area (Å²) in [6.45, 7) is 2.90. The largest absolute Gasteiger partial charge is 0.380 e. The van der Waals surface area contributed by atoms with Crippen LogP contribution in [0.1, 0.15) is 25.3 Å². The van der Waals surface area contributed by atoms with Gasteiger partial charge in [0.15, 0.2) is 0 Å². The number of amides is 1. The van der Waals surface area contributed by atoms with E-state index in [9.17, 15) is 14.3 Å². The van der Waals surface area contributed by atoms with E-state index in [2.05, 4.69) is 5.32 Å². The highest BCUT2D eigenvalue weighted by Gasteiger charge is 2.37. The predicted octanol–water partition coefficient (Wildman–Crippen LogP) is 2.16. The average Bonchev–Trinajstić information content (AvgIpc) is 2.52. The first-order chi connectivity index (χ1) is 10.5. The molecule has 22 heavy (non-hydrogen) atoms. The van der Waals surface area contributed by atoms with Crippen molar-refractivity contribution in [3.63, 3.8) is 0 Å². The van der Waals surface area contributed by atoms with Crippen molar-refractivity contribution >= 4 is 23.4 Å². The summed E-state index contributed by atoms with van der Waals surface area (Å²) in [5.74, 6) is 0.916. The number of carbonyl (C=O) groups excluding carboxylic acids is 1. The first-order valence-corrected chi connectivity index (χ1v) is 8.70. The molecular weight excluding hydrogens is 303 g/mol. The molecule has 0 aliphatic carbocycles. The third-order valence-electron chi connectivity index (χ3n) is 4.09. The summed E-state index contributed by atoms with van der Waals surface area (Å²) in [5, 5.41) is 13.0. The van der Waals surface area contributed by atoms with E-state index in [0.29, 0.717) is 24.1 Å². The summed E-state index contributed by atoms with van der Waals surface area (Å²) in [6.07, 6.45) is 0.941. The van der Waals surface area contributed by atoms with Crippen LogP contribution in [0.15, 0.2) is 18.2 Å². The number of nitrogens with one attached hydrogen (secondary N) is 1. The number of nitrogens with zero attached hydrogens (tertiary/aromatic N) is 1. The predicted molar refractivity (Wildman–Crippen MR) is 88.7 cm³/mol. The van der Waals surface area contributed by atoms with Crippen molar-refractivity contribution in [2.24, 2.45) is 0 Å². The molecule has 1 fully saturated rings. The first-order valence-electron chi connectivity index (χ1n) is 7.54. The van der Waals surface area contributed by atoms with Crippen LogP contribution >= 0.6 is 11.8 Å². The Morgan fingerprint density at radius 1 is 1.45 bits per heavy atom. The average molecular weight is 326 g/mol. The minimum absolute atomic E-state index is 0.224. The summed E-state index contributed by atoms with van der Waals surface area (Å²) in [5.41, 5.74) is -0.0417. The highest BCUT2D eigenvalue weighted by atomic mass is 32.2. The number of rotatable bonds is 5. The van der Waals surface area contributed by atoms with Gasteiger partial charge in [0.25, 0.3) is 5.91 Å². The Balaban J connectivity index is 1.97. The van der Waals surface area contributed by atoms with E-state index in [-0.39, 0.29) is 18.3 Å². The number of thioether (sulfide) groups is 1. The second-order valence-corrected chi connectivity index (χ2v) is 6.85. The Bertz CT molecular complexity index is 533. The van der Waals surface area contributed by atoms with Gasteiger partial charge in [0.05, 0.1) is 5.69 Å². The fourth-order valence-electron chi connectivity index (χ4n) is 2.42. The van der Waals surface area contributed by atoms with Gasteiger partial charge in [-0.1, -0.05) is 6.07 Å². The highest BCUT2D eigenvalue weighted by molar-refractivity contribution is 7.99. The summed E-state index contributed by atoms with van der Waals surface area (Å²) in [7, 11) is 1.83. The number of aliphatic hydroxyl groups is 1. The quantitative estimate of drug-likeness (QED) is 0.871. The topological polar surface area (TPSA) is 52.6 Å². The molecule has 2 N–H and O–H groups in total. The third kappa shape index (κ3) is 3.93. The van der Waals surface area contributed by atoms with Crippen LogP contribution in [0.3, 0.4) is 0 Å². The minimum atomic E-state index is -1.27. The SMILES string of the molecule is CCN(C)c1ccc(CNC(=O)C2(O)CCSCC2)cc1F. The van der Waals surface area contributed by atoms with Crippen molar-refractivity contribution in [3.05, 3.63) is 29.6 Å². The van der Waals surface area contributed by atoms with Crippen molar-refractivity contribution in [2.75, 3.05) is 30.0 Å². The molecule has 6 heteroatoms. The molecule has 0 spiro atoms. The summed E-state index contributed by atoms with van der Waals surface area (Å²) in [4.78, 5) is 13.9. The van der Waals surface area contributed by atoms with Gasteiger partial charge in [-0.05, 0) is 49.0 Å². The van der Waals surface area contributed by atoms with Crippen LogP contribution in [0, 0.1) is 5.82 Å². The van der Waals surface area contributed by atoms with E-state index in [1.165, 1.54) is 6.07 Å². The Hall–Kier alpha value is -1.27. The number of hydrogen-bond acceptors (Lipinski definition) is 4. The van der Waals surface area contributed by atoms with Crippen LogP contribution in [-0.2, 0) is 11.3 Å². The molecule has 1 amide bonds. The van der Waals surface area contributed by atoms with Crippen LogP contribution in [0.5, 0.6) is 0 Å². The van der Waals surface area contributed by atoms with E-state index < -0.39 is 5.60 Å². The Morgan fingerprint density at radius 2 is 2.14 bits per heavy atom. The molecular formula is C16H23FN2O2S. The normalized spacial score (nSPS) is 17.1. The van der Waals surface area contributed by atoms with Gasteiger partial charge in [-0.3, -0.25) is 4.79 Å². The summed E-state index contributed by atoms with van der Waals surface area (Å²) >= 11 is 1.74. The van der Waals surface area contributed by atoms with Crippen LogP contribution in [0.2, 0.25) is 0 Å². The maximum absolute atomic E-state index is 14.0. The van der Waals surface area contributed by atoms with Crippen LogP contribution in [-0.4, -0.2) is 41.7 Å². The van der Waals surface area contributed by atoms with E-state index >= 15 is 0 Å². The maximum Gasteiger partial charge on any atom is 0.252 e. The standard InChI is InChI=1S/C16H23FN2O2S/c1-3-19(2)14-5-4-12(10-13(14)17)11-18-15(20)16(21)6-8-22-9-7-16/h4-5,10,21H,3,6-9,11H2,1-2H3,(H,18,20). The van der Waals surface area contributed by atoms with Gasteiger partial charge in [0.2, 0.25) is 0 Å². The number of benzene rings is 1. The zero-order valence-corrected chi connectivity index (χ0v) is 13.9. The molecule has 1 heterocycles. The molecule has 0 bridgehead atoms. The molecule has 1 aliphatic rings. The molecule has 0 unspecified atom stereocenters. The molecule has 0 saturated carbocycles. The minimum Gasteiger partial charge on any atom is -0.380 e. The van der Waals surface area contributed by atoms with Crippen molar-refractivity contribution < 1.29 is 14.3 Å². The number of anilines is 1. The monoisotopic (exact) mass is 326 g/mol. The lowest BCUT2D eigenvalue weighted by Gasteiger charge is -2.30. The maximum atomic E-state index is 14.0. The molecule has 1 aromatic carbocycles. The van der Waals surface area contributed by atoms with Crippen molar-refractivity contribution in [2.45, 2.75) is 31.9 Å². The molecule has 0 aromatic heterocycles. The zero-order chi connectivity index (χ0) is 16.2. The highest BCUT2D eigenvalue weighted by Crippen LogP contribution is 2.27.